The number of hydrogen-bond donors (Lipinski definition) is 3. The zero-order chi connectivity index (χ0) is 36.4. The molecule has 3 N–H and O–H groups in total. The number of unbranched alkanes of at least 4 members (excludes halogenated alkanes) is 29. The van der Waals surface area contributed by atoms with Gasteiger partial charge in [-0.1, -0.05) is 217 Å². The van der Waals surface area contributed by atoms with E-state index in [0.29, 0.717) is 6.42 Å². The van der Waals surface area contributed by atoms with Crippen molar-refractivity contribution in [2.45, 2.75) is 244 Å². The standard InChI is InChI=1S/C46H87NO3/c1-3-5-7-9-11-13-14-15-16-17-18-19-20-21-22-23-24-25-26-27-28-29-30-31-32-33-34-35-37-39-41-45(49)44(43-48)47-46(50)42-40-38-36-12-10-8-6-4-2/h29-30,33-34,39,41,44-45,48-49H,3-28,31-32,35-38,40,42-43H2,1-2H3,(H,47,50)/b30-29+,34-33+,41-39+. The quantitative estimate of drug-likeness (QED) is 0.0440. The smallest absolute Gasteiger partial charge is 0.220 e. The van der Waals surface area contributed by atoms with Gasteiger partial charge in [-0.25, -0.2) is 0 Å². The number of aliphatic hydroxyl groups excluding tert-OH is 2. The molecule has 1 amide bonds. The van der Waals surface area contributed by atoms with Crippen molar-refractivity contribution < 1.29 is 15.0 Å². The summed E-state index contributed by atoms with van der Waals surface area (Å²) < 4.78 is 0. The minimum atomic E-state index is -0.865. The van der Waals surface area contributed by atoms with Crippen LogP contribution in [0.15, 0.2) is 36.5 Å². The van der Waals surface area contributed by atoms with Crippen LogP contribution in [0.2, 0.25) is 0 Å². The molecule has 0 aromatic rings. The Hall–Kier alpha value is -1.39. The third-order valence-electron chi connectivity index (χ3n) is 10.1. The van der Waals surface area contributed by atoms with Crippen LogP contribution in [-0.4, -0.2) is 34.9 Å². The SMILES string of the molecule is CCCCCCCCCCCCCCCCCCCCCC/C=C/CC/C=C/CC/C=C/C(O)C(CO)NC(=O)CCCCCCCCCC. The molecular formula is C46H87NO3. The first-order valence-electron chi connectivity index (χ1n) is 22.2. The molecule has 2 atom stereocenters. The van der Waals surface area contributed by atoms with Gasteiger partial charge >= 0.3 is 0 Å². The fraction of sp³-hybridized carbons (Fsp3) is 0.848. The van der Waals surface area contributed by atoms with Gasteiger partial charge in [-0.2, -0.15) is 0 Å². The van der Waals surface area contributed by atoms with Crippen LogP contribution in [0.25, 0.3) is 0 Å². The van der Waals surface area contributed by atoms with E-state index < -0.39 is 12.1 Å². The first kappa shape index (κ1) is 48.6. The fourth-order valence-corrected chi connectivity index (χ4v) is 6.68. The molecule has 0 fully saturated rings. The number of carbonyl (C=O) groups is 1. The molecule has 0 saturated carbocycles. The highest BCUT2D eigenvalue weighted by Crippen LogP contribution is 2.15. The molecule has 4 nitrogen and oxygen atoms in total. The molecule has 0 rings (SSSR count). The third-order valence-corrected chi connectivity index (χ3v) is 10.1. The highest BCUT2D eigenvalue weighted by molar-refractivity contribution is 5.76. The zero-order valence-electron chi connectivity index (χ0n) is 33.7. The average molecular weight is 702 g/mol. The maximum absolute atomic E-state index is 12.2. The van der Waals surface area contributed by atoms with Crippen molar-refractivity contribution in [3.8, 4) is 0 Å². The van der Waals surface area contributed by atoms with Gasteiger partial charge < -0.3 is 15.5 Å². The van der Waals surface area contributed by atoms with Crippen molar-refractivity contribution in [2.24, 2.45) is 0 Å². The summed E-state index contributed by atoms with van der Waals surface area (Å²) in [6.45, 7) is 4.26. The van der Waals surface area contributed by atoms with E-state index in [1.165, 1.54) is 173 Å². The molecule has 0 bridgehead atoms. The lowest BCUT2D eigenvalue weighted by Gasteiger charge is -2.19. The summed E-state index contributed by atoms with van der Waals surface area (Å²) in [5.41, 5.74) is 0. The van der Waals surface area contributed by atoms with Crippen molar-refractivity contribution in [1.29, 1.82) is 0 Å². The Labute approximate surface area is 312 Å². The van der Waals surface area contributed by atoms with Crippen LogP contribution in [0.4, 0.5) is 0 Å². The number of aliphatic hydroxyl groups is 2. The van der Waals surface area contributed by atoms with Crippen molar-refractivity contribution in [3.63, 3.8) is 0 Å². The van der Waals surface area contributed by atoms with Crippen molar-refractivity contribution in [1.82, 2.24) is 5.32 Å². The molecule has 0 heterocycles. The lowest BCUT2D eigenvalue weighted by atomic mass is 10.0. The lowest BCUT2D eigenvalue weighted by Crippen LogP contribution is -2.45. The van der Waals surface area contributed by atoms with E-state index in [4.69, 9.17) is 0 Å². The monoisotopic (exact) mass is 702 g/mol. The Morgan fingerprint density at radius 1 is 0.460 bits per heavy atom. The molecule has 0 aliphatic heterocycles. The molecule has 0 saturated heterocycles. The van der Waals surface area contributed by atoms with Gasteiger partial charge in [0.15, 0.2) is 0 Å². The van der Waals surface area contributed by atoms with Crippen LogP contribution < -0.4 is 5.32 Å². The maximum Gasteiger partial charge on any atom is 0.220 e. The molecule has 0 aliphatic rings. The number of allylic oxidation sites excluding steroid dienone is 5. The Morgan fingerprint density at radius 3 is 1.16 bits per heavy atom. The van der Waals surface area contributed by atoms with Crippen LogP contribution in [0.3, 0.4) is 0 Å². The highest BCUT2D eigenvalue weighted by atomic mass is 16.3. The minimum Gasteiger partial charge on any atom is -0.394 e. The second-order valence-electron chi connectivity index (χ2n) is 15.1. The number of carbonyl (C=O) groups excluding carboxylic acids is 1. The molecular weight excluding hydrogens is 615 g/mol. The van der Waals surface area contributed by atoms with Crippen molar-refractivity contribution in [2.75, 3.05) is 6.61 Å². The Balaban J connectivity index is 3.52. The van der Waals surface area contributed by atoms with Crippen molar-refractivity contribution >= 4 is 5.91 Å². The van der Waals surface area contributed by atoms with Crippen molar-refractivity contribution in [3.05, 3.63) is 36.5 Å². The third kappa shape index (κ3) is 37.9. The Bertz CT molecular complexity index is 760. The van der Waals surface area contributed by atoms with Gasteiger partial charge in [-0.3, -0.25) is 4.79 Å². The number of rotatable bonds is 40. The first-order chi connectivity index (χ1) is 24.7. The highest BCUT2D eigenvalue weighted by Gasteiger charge is 2.17. The van der Waals surface area contributed by atoms with Gasteiger partial charge in [0.1, 0.15) is 0 Å². The molecule has 0 radical (unpaired) electrons. The van der Waals surface area contributed by atoms with Crippen LogP contribution in [-0.2, 0) is 4.79 Å². The summed E-state index contributed by atoms with van der Waals surface area (Å²) >= 11 is 0. The predicted molar refractivity (Wildman–Crippen MR) is 221 cm³/mol. The number of amides is 1. The largest absolute Gasteiger partial charge is 0.394 e. The number of nitrogens with one attached hydrogen (secondary N) is 1. The summed E-state index contributed by atoms with van der Waals surface area (Å²) in [6.07, 6.45) is 55.7. The zero-order valence-corrected chi connectivity index (χ0v) is 33.7. The molecule has 0 aromatic carbocycles. The molecule has 4 heteroatoms. The predicted octanol–water partition coefficient (Wildman–Crippen LogP) is 13.8. The molecule has 2 unspecified atom stereocenters. The number of hydrogen-bond acceptors (Lipinski definition) is 3. The normalized spacial score (nSPS) is 13.3. The Kier molecular flexibility index (Phi) is 40.9. The second kappa shape index (κ2) is 42.0. The van der Waals surface area contributed by atoms with Crippen LogP contribution >= 0.6 is 0 Å². The van der Waals surface area contributed by atoms with Crippen LogP contribution in [0.5, 0.6) is 0 Å². The van der Waals surface area contributed by atoms with E-state index >= 15 is 0 Å². The first-order valence-corrected chi connectivity index (χ1v) is 22.2. The van der Waals surface area contributed by atoms with E-state index in [0.717, 1.165) is 38.5 Å². The molecule has 0 aromatic heterocycles. The van der Waals surface area contributed by atoms with Gasteiger partial charge in [0.2, 0.25) is 5.91 Å². The van der Waals surface area contributed by atoms with Gasteiger partial charge in [0.25, 0.3) is 0 Å². The maximum atomic E-state index is 12.2. The summed E-state index contributed by atoms with van der Waals surface area (Å²) in [4.78, 5) is 12.2. The second-order valence-corrected chi connectivity index (χ2v) is 15.1. The molecule has 50 heavy (non-hydrogen) atoms. The van der Waals surface area contributed by atoms with Gasteiger partial charge in [0, 0.05) is 6.42 Å². The van der Waals surface area contributed by atoms with E-state index in [1.54, 1.807) is 6.08 Å². The lowest BCUT2D eigenvalue weighted by molar-refractivity contribution is -0.123. The minimum absolute atomic E-state index is 0.0831. The molecule has 0 aliphatic carbocycles. The summed E-state index contributed by atoms with van der Waals surface area (Å²) in [7, 11) is 0. The molecule has 0 spiro atoms. The van der Waals surface area contributed by atoms with E-state index in [-0.39, 0.29) is 12.5 Å². The summed E-state index contributed by atoms with van der Waals surface area (Å²) in [5.74, 6) is -0.0831. The fourth-order valence-electron chi connectivity index (χ4n) is 6.68. The summed E-state index contributed by atoms with van der Waals surface area (Å²) in [5, 5.41) is 22.8. The average Bonchev–Trinajstić information content (AvgIpc) is 3.12. The van der Waals surface area contributed by atoms with Crippen LogP contribution in [0.1, 0.15) is 232 Å². The van der Waals surface area contributed by atoms with Gasteiger partial charge in [0.05, 0.1) is 18.8 Å². The van der Waals surface area contributed by atoms with E-state index in [9.17, 15) is 15.0 Å². The van der Waals surface area contributed by atoms with Gasteiger partial charge in [-0.15, -0.1) is 0 Å². The van der Waals surface area contributed by atoms with Gasteiger partial charge in [-0.05, 0) is 44.9 Å². The van der Waals surface area contributed by atoms with E-state index in [1.807, 2.05) is 6.08 Å². The van der Waals surface area contributed by atoms with Crippen LogP contribution in [0, 0.1) is 0 Å². The summed E-state index contributed by atoms with van der Waals surface area (Å²) in [6, 6.07) is -0.640. The Morgan fingerprint density at radius 2 is 0.780 bits per heavy atom. The van der Waals surface area contributed by atoms with E-state index in [2.05, 4.69) is 43.5 Å². The molecule has 294 valence electrons. The topological polar surface area (TPSA) is 69.6 Å².